The Bertz CT molecular complexity index is 1360. The summed E-state index contributed by atoms with van der Waals surface area (Å²) in [6, 6.07) is 13.2. The molecule has 0 spiro atoms. The summed E-state index contributed by atoms with van der Waals surface area (Å²) in [4.78, 5) is 27.3. The van der Waals surface area contributed by atoms with Crippen LogP contribution < -0.4 is 4.74 Å². The van der Waals surface area contributed by atoms with Gasteiger partial charge in [0.05, 0.1) is 11.4 Å². The largest absolute Gasteiger partial charge is 0.423 e. The highest BCUT2D eigenvalue weighted by Gasteiger charge is 2.69. The molecule has 1 fully saturated rings. The van der Waals surface area contributed by atoms with Crippen LogP contribution in [0.4, 0.5) is 0 Å². The molecular formula is C24H19N5O2. The summed E-state index contributed by atoms with van der Waals surface area (Å²) in [5.41, 5.74) is 0.958. The maximum absolute atomic E-state index is 13.8. The molecule has 3 aromatic rings. The average Bonchev–Trinajstić information content (AvgIpc) is 3.14. The van der Waals surface area contributed by atoms with Gasteiger partial charge in [0.25, 0.3) is 0 Å². The van der Waals surface area contributed by atoms with Crippen molar-refractivity contribution in [3.05, 3.63) is 58.8 Å². The number of carbonyl (C=O) groups is 1. The van der Waals surface area contributed by atoms with Gasteiger partial charge in [0.1, 0.15) is 23.1 Å². The third-order valence-corrected chi connectivity index (χ3v) is 7.02. The highest BCUT2D eigenvalue weighted by atomic mass is 16.5. The van der Waals surface area contributed by atoms with Gasteiger partial charge in [-0.15, -0.1) is 0 Å². The normalized spacial score (nSPS) is 22.5. The van der Waals surface area contributed by atoms with Crippen molar-refractivity contribution in [1.29, 1.82) is 10.5 Å². The fourth-order valence-electron chi connectivity index (χ4n) is 5.35. The first kappa shape index (κ1) is 19.1. The first-order chi connectivity index (χ1) is 14.8. The van der Waals surface area contributed by atoms with E-state index in [1.165, 1.54) is 0 Å². The topological polar surface area (TPSA) is 113 Å². The summed E-state index contributed by atoms with van der Waals surface area (Å²) in [6.45, 7) is 5.91. The number of carbonyl (C=O) groups excluding carboxylic acids is 1. The van der Waals surface area contributed by atoms with Crippen molar-refractivity contribution in [3.63, 3.8) is 0 Å². The van der Waals surface area contributed by atoms with Gasteiger partial charge in [0, 0.05) is 17.0 Å². The summed E-state index contributed by atoms with van der Waals surface area (Å²) in [6.07, 6.45) is 1.30. The van der Waals surface area contributed by atoms with Gasteiger partial charge in [-0.2, -0.15) is 10.5 Å². The lowest BCUT2D eigenvalue weighted by Gasteiger charge is -2.35. The molecule has 152 valence electrons. The van der Waals surface area contributed by atoms with Gasteiger partial charge < -0.3 is 4.74 Å². The van der Waals surface area contributed by atoms with E-state index in [1.807, 2.05) is 57.2 Å². The molecule has 5 rings (SSSR count). The quantitative estimate of drug-likeness (QED) is 0.467. The number of nitriles is 2. The van der Waals surface area contributed by atoms with E-state index in [0.717, 1.165) is 17.5 Å². The van der Waals surface area contributed by atoms with E-state index in [2.05, 4.69) is 15.0 Å². The molecule has 0 aliphatic heterocycles. The SMILES string of the molecule is Cc1ccc2cccc(OC(=O)C34CCC(c5nc(C#N)c(C#N)nc53)C4(C)C)c2n1. The number of fused-ring (bicyclic) bond motifs is 6. The lowest BCUT2D eigenvalue weighted by Crippen LogP contribution is -2.46. The summed E-state index contributed by atoms with van der Waals surface area (Å²) >= 11 is 0. The number of hydrogen-bond acceptors (Lipinski definition) is 7. The molecule has 2 bridgehead atoms. The number of rotatable bonds is 2. The molecule has 2 aliphatic rings. The lowest BCUT2D eigenvalue weighted by atomic mass is 9.68. The number of ether oxygens (including phenoxy) is 1. The fourth-order valence-corrected chi connectivity index (χ4v) is 5.35. The zero-order valence-electron chi connectivity index (χ0n) is 17.4. The van der Waals surface area contributed by atoms with E-state index < -0.39 is 16.8 Å². The molecular weight excluding hydrogens is 390 g/mol. The van der Waals surface area contributed by atoms with Gasteiger partial charge in [-0.3, -0.25) is 4.79 Å². The molecule has 1 saturated carbocycles. The number of para-hydroxylation sites is 1. The number of esters is 1. The molecule has 2 aliphatic carbocycles. The van der Waals surface area contributed by atoms with Crippen LogP contribution in [0.3, 0.4) is 0 Å². The van der Waals surface area contributed by atoms with Crippen LogP contribution in [-0.2, 0) is 10.2 Å². The van der Waals surface area contributed by atoms with Crippen molar-refractivity contribution in [3.8, 4) is 17.9 Å². The third kappa shape index (κ3) is 2.38. The van der Waals surface area contributed by atoms with Crippen molar-refractivity contribution in [1.82, 2.24) is 15.0 Å². The zero-order chi connectivity index (χ0) is 22.0. The van der Waals surface area contributed by atoms with E-state index in [4.69, 9.17) is 4.74 Å². The Kier molecular flexibility index (Phi) is 3.91. The first-order valence-corrected chi connectivity index (χ1v) is 10.1. The van der Waals surface area contributed by atoms with E-state index >= 15 is 0 Å². The average molecular weight is 409 g/mol. The van der Waals surface area contributed by atoms with Crippen molar-refractivity contribution in [2.24, 2.45) is 5.41 Å². The van der Waals surface area contributed by atoms with E-state index in [9.17, 15) is 15.3 Å². The molecule has 0 N–H and O–H groups in total. The predicted octanol–water partition coefficient (Wildman–Crippen LogP) is 3.84. The molecule has 0 saturated heterocycles. The minimum Gasteiger partial charge on any atom is -0.423 e. The van der Waals surface area contributed by atoms with Crippen molar-refractivity contribution >= 4 is 16.9 Å². The molecule has 2 heterocycles. The number of hydrogen-bond donors (Lipinski definition) is 0. The standard InChI is InChI=1S/C24H19N5O2/c1-13-7-8-14-5-4-6-18(19(14)27-13)31-22(30)24-10-9-15(23(24,2)3)20-21(24)29-17(12-26)16(11-25)28-20/h4-8,15H,9-10H2,1-3H3. The summed E-state index contributed by atoms with van der Waals surface area (Å²) in [5, 5.41) is 19.7. The number of pyridine rings is 1. The van der Waals surface area contributed by atoms with Crippen molar-refractivity contribution in [2.45, 2.75) is 44.9 Å². The summed E-state index contributed by atoms with van der Waals surface area (Å²) in [5.74, 6) is -0.0527. The minimum absolute atomic E-state index is 0.00171. The number of benzene rings is 1. The van der Waals surface area contributed by atoms with Crippen LogP contribution in [-0.4, -0.2) is 20.9 Å². The van der Waals surface area contributed by atoms with Crippen LogP contribution in [0.1, 0.15) is 61.1 Å². The van der Waals surface area contributed by atoms with Gasteiger partial charge in [-0.25, -0.2) is 15.0 Å². The second kappa shape index (κ2) is 6.33. The Morgan fingerprint density at radius 3 is 2.58 bits per heavy atom. The van der Waals surface area contributed by atoms with Crippen LogP contribution >= 0.6 is 0 Å². The first-order valence-electron chi connectivity index (χ1n) is 10.1. The Morgan fingerprint density at radius 2 is 1.84 bits per heavy atom. The monoisotopic (exact) mass is 409 g/mol. The summed E-state index contributed by atoms with van der Waals surface area (Å²) in [7, 11) is 0. The highest BCUT2D eigenvalue weighted by Crippen LogP contribution is 2.67. The molecule has 7 heteroatoms. The smallest absolute Gasteiger partial charge is 0.324 e. The van der Waals surface area contributed by atoms with Crippen LogP contribution in [0, 0.1) is 35.0 Å². The van der Waals surface area contributed by atoms with Gasteiger partial charge in [-0.1, -0.05) is 32.0 Å². The second-order valence-electron chi connectivity index (χ2n) is 8.77. The van der Waals surface area contributed by atoms with Gasteiger partial charge >= 0.3 is 5.97 Å². The van der Waals surface area contributed by atoms with Gasteiger partial charge in [-0.05, 0) is 37.3 Å². The van der Waals surface area contributed by atoms with Gasteiger partial charge in [0.2, 0.25) is 0 Å². The molecule has 2 unspecified atom stereocenters. The molecule has 0 amide bonds. The second-order valence-corrected chi connectivity index (χ2v) is 8.77. The Morgan fingerprint density at radius 1 is 1.10 bits per heavy atom. The predicted molar refractivity (Wildman–Crippen MR) is 111 cm³/mol. The van der Waals surface area contributed by atoms with Crippen LogP contribution in [0.15, 0.2) is 30.3 Å². The highest BCUT2D eigenvalue weighted by molar-refractivity contribution is 5.92. The third-order valence-electron chi connectivity index (χ3n) is 7.02. The Labute approximate surface area is 179 Å². The molecule has 2 aromatic heterocycles. The molecule has 31 heavy (non-hydrogen) atoms. The van der Waals surface area contributed by atoms with Crippen LogP contribution in [0.25, 0.3) is 10.9 Å². The van der Waals surface area contributed by atoms with Gasteiger partial charge in [0.15, 0.2) is 17.1 Å². The Hall–Kier alpha value is -3.84. The molecule has 7 nitrogen and oxygen atoms in total. The van der Waals surface area contributed by atoms with Crippen LogP contribution in [0.2, 0.25) is 0 Å². The maximum Gasteiger partial charge on any atom is 0.324 e. The van der Waals surface area contributed by atoms with E-state index in [0.29, 0.717) is 29.1 Å². The van der Waals surface area contributed by atoms with Crippen LogP contribution in [0.5, 0.6) is 5.75 Å². The zero-order valence-corrected chi connectivity index (χ0v) is 17.4. The lowest BCUT2D eigenvalue weighted by molar-refractivity contribution is -0.144. The maximum atomic E-state index is 13.8. The number of aromatic nitrogens is 3. The number of aryl methyl sites for hydroxylation is 1. The Balaban J connectivity index is 1.66. The molecule has 2 atom stereocenters. The van der Waals surface area contributed by atoms with Crippen molar-refractivity contribution in [2.75, 3.05) is 0 Å². The molecule has 0 radical (unpaired) electrons. The number of nitrogens with zero attached hydrogens (tertiary/aromatic N) is 5. The minimum atomic E-state index is -1.04. The van der Waals surface area contributed by atoms with E-state index in [1.54, 1.807) is 6.07 Å². The van der Waals surface area contributed by atoms with Crippen molar-refractivity contribution < 1.29 is 9.53 Å². The fraction of sp³-hybridized carbons (Fsp3) is 0.333. The summed E-state index contributed by atoms with van der Waals surface area (Å²) < 4.78 is 5.99. The van der Waals surface area contributed by atoms with E-state index in [-0.39, 0.29) is 17.3 Å². The molecule has 1 aromatic carbocycles.